The first kappa shape index (κ1) is 14.1. The molecule has 0 saturated heterocycles. The Labute approximate surface area is 106 Å². The number of aromatic carboxylic acids is 1. The van der Waals surface area contributed by atoms with Gasteiger partial charge in [0.1, 0.15) is 0 Å². The van der Waals surface area contributed by atoms with Gasteiger partial charge in [0.25, 0.3) is 0 Å². The van der Waals surface area contributed by atoms with Crippen LogP contribution in [0.2, 0.25) is 0 Å². The minimum atomic E-state index is -0.933. The van der Waals surface area contributed by atoms with Crippen LogP contribution in [0, 0.1) is 5.92 Å². The van der Waals surface area contributed by atoms with Gasteiger partial charge in [-0.1, -0.05) is 26.0 Å². The second kappa shape index (κ2) is 5.56. The monoisotopic (exact) mass is 254 g/mol. The predicted octanol–water partition coefficient (Wildman–Crippen LogP) is 2.88. The van der Waals surface area contributed by atoms with E-state index in [0.717, 1.165) is 0 Å². The SMILES string of the molecule is CC(C)C(C)(O)CSc1ccccc1C(=O)O. The lowest BCUT2D eigenvalue weighted by Gasteiger charge is -2.27. The summed E-state index contributed by atoms with van der Waals surface area (Å²) in [5.74, 6) is -0.320. The van der Waals surface area contributed by atoms with Gasteiger partial charge in [-0.05, 0) is 25.0 Å². The first-order valence-corrected chi connectivity index (χ1v) is 6.50. The van der Waals surface area contributed by atoms with Crippen molar-refractivity contribution in [2.45, 2.75) is 31.3 Å². The molecular formula is C13H18O3S. The lowest BCUT2D eigenvalue weighted by atomic mass is 9.95. The smallest absolute Gasteiger partial charge is 0.336 e. The fraction of sp³-hybridized carbons (Fsp3) is 0.462. The Hall–Kier alpha value is -1.00. The summed E-state index contributed by atoms with van der Waals surface area (Å²) in [6.45, 7) is 5.67. The van der Waals surface area contributed by atoms with Crippen molar-refractivity contribution in [3.8, 4) is 0 Å². The number of hydrogen-bond acceptors (Lipinski definition) is 3. The van der Waals surface area contributed by atoms with E-state index in [4.69, 9.17) is 5.11 Å². The van der Waals surface area contributed by atoms with Crippen molar-refractivity contribution in [3.05, 3.63) is 29.8 Å². The highest BCUT2D eigenvalue weighted by molar-refractivity contribution is 7.99. The molecule has 2 N–H and O–H groups in total. The van der Waals surface area contributed by atoms with Gasteiger partial charge in [-0.15, -0.1) is 11.8 Å². The molecule has 1 aromatic carbocycles. The number of carboxylic acids is 1. The molecule has 0 amide bonds. The number of benzene rings is 1. The third kappa shape index (κ3) is 3.75. The van der Waals surface area contributed by atoms with Gasteiger partial charge in [-0.3, -0.25) is 0 Å². The molecule has 1 aromatic rings. The molecule has 0 heterocycles. The number of rotatable bonds is 5. The van der Waals surface area contributed by atoms with Crippen molar-refractivity contribution in [2.75, 3.05) is 5.75 Å². The largest absolute Gasteiger partial charge is 0.478 e. The van der Waals surface area contributed by atoms with Crippen LogP contribution in [0.3, 0.4) is 0 Å². The summed E-state index contributed by atoms with van der Waals surface area (Å²) < 4.78 is 0. The van der Waals surface area contributed by atoms with Gasteiger partial charge in [0, 0.05) is 10.6 Å². The highest BCUT2D eigenvalue weighted by atomic mass is 32.2. The quantitative estimate of drug-likeness (QED) is 0.793. The van der Waals surface area contributed by atoms with E-state index in [1.807, 2.05) is 13.8 Å². The fourth-order valence-electron chi connectivity index (χ4n) is 1.16. The zero-order valence-corrected chi connectivity index (χ0v) is 11.1. The van der Waals surface area contributed by atoms with Crippen LogP contribution in [0.4, 0.5) is 0 Å². The van der Waals surface area contributed by atoms with E-state index in [0.29, 0.717) is 10.6 Å². The highest BCUT2D eigenvalue weighted by Gasteiger charge is 2.25. The Balaban J connectivity index is 2.79. The van der Waals surface area contributed by atoms with Crippen LogP contribution in [-0.4, -0.2) is 27.5 Å². The Kier molecular flexibility index (Phi) is 4.60. The Morgan fingerprint density at radius 2 is 2.00 bits per heavy atom. The van der Waals surface area contributed by atoms with Crippen molar-refractivity contribution < 1.29 is 15.0 Å². The standard InChI is InChI=1S/C13H18O3S/c1-9(2)13(3,16)8-17-11-7-5-4-6-10(11)12(14)15/h4-7,9,16H,8H2,1-3H3,(H,14,15). The second-order valence-corrected chi connectivity index (χ2v) is 5.62. The van der Waals surface area contributed by atoms with Crippen molar-refractivity contribution in [3.63, 3.8) is 0 Å². The van der Waals surface area contributed by atoms with E-state index in [2.05, 4.69) is 0 Å². The Bertz CT molecular complexity index is 399. The molecule has 0 radical (unpaired) electrons. The van der Waals surface area contributed by atoms with Gasteiger partial charge in [0.05, 0.1) is 11.2 Å². The fourth-order valence-corrected chi connectivity index (χ4v) is 2.43. The molecule has 1 rings (SSSR count). The van der Waals surface area contributed by atoms with Gasteiger partial charge < -0.3 is 10.2 Å². The van der Waals surface area contributed by atoms with Gasteiger partial charge in [0.15, 0.2) is 0 Å². The van der Waals surface area contributed by atoms with Gasteiger partial charge >= 0.3 is 5.97 Å². The lowest BCUT2D eigenvalue weighted by Crippen LogP contribution is -2.33. The minimum Gasteiger partial charge on any atom is -0.478 e. The van der Waals surface area contributed by atoms with E-state index in [1.165, 1.54) is 11.8 Å². The summed E-state index contributed by atoms with van der Waals surface area (Å²) in [5, 5.41) is 19.1. The Morgan fingerprint density at radius 1 is 1.41 bits per heavy atom. The third-order valence-electron chi connectivity index (χ3n) is 2.88. The van der Waals surface area contributed by atoms with Crippen LogP contribution in [0.15, 0.2) is 29.2 Å². The van der Waals surface area contributed by atoms with Crippen molar-refractivity contribution in [2.24, 2.45) is 5.92 Å². The maximum absolute atomic E-state index is 11.0. The summed E-state index contributed by atoms with van der Waals surface area (Å²) in [6, 6.07) is 6.85. The van der Waals surface area contributed by atoms with Crippen LogP contribution in [0.5, 0.6) is 0 Å². The summed E-state index contributed by atoms with van der Waals surface area (Å²) in [7, 11) is 0. The summed E-state index contributed by atoms with van der Waals surface area (Å²) in [6.07, 6.45) is 0. The van der Waals surface area contributed by atoms with E-state index in [9.17, 15) is 9.90 Å². The van der Waals surface area contributed by atoms with Crippen LogP contribution in [-0.2, 0) is 0 Å². The molecule has 0 spiro atoms. The van der Waals surface area contributed by atoms with Gasteiger partial charge in [0.2, 0.25) is 0 Å². The van der Waals surface area contributed by atoms with E-state index < -0.39 is 11.6 Å². The molecule has 0 aromatic heterocycles. The van der Waals surface area contributed by atoms with Gasteiger partial charge in [-0.2, -0.15) is 0 Å². The van der Waals surface area contributed by atoms with Crippen LogP contribution < -0.4 is 0 Å². The molecule has 3 nitrogen and oxygen atoms in total. The van der Waals surface area contributed by atoms with E-state index in [1.54, 1.807) is 31.2 Å². The second-order valence-electron chi connectivity index (χ2n) is 4.60. The average Bonchev–Trinajstić information content (AvgIpc) is 2.26. The molecule has 94 valence electrons. The van der Waals surface area contributed by atoms with Crippen molar-refractivity contribution in [1.82, 2.24) is 0 Å². The summed E-state index contributed by atoms with van der Waals surface area (Å²) in [5.41, 5.74) is -0.506. The number of hydrogen-bond donors (Lipinski definition) is 2. The number of carboxylic acid groups (broad SMARTS) is 1. The molecule has 1 atom stereocenters. The molecule has 17 heavy (non-hydrogen) atoms. The first-order valence-electron chi connectivity index (χ1n) is 5.52. The van der Waals surface area contributed by atoms with E-state index in [-0.39, 0.29) is 11.5 Å². The molecule has 0 aliphatic rings. The molecule has 0 aliphatic heterocycles. The highest BCUT2D eigenvalue weighted by Crippen LogP contribution is 2.29. The van der Waals surface area contributed by atoms with Crippen molar-refractivity contribution in [1.29, 1.82) is 0 Å². The number of aliphatic hydroxyl groups is 1. The third-order valence-corrected chi connectivity index (χ3v) is 4.28. The Morgan fingerprint density at radius 3 is 2.53 bits per heavy atom. The zero-order valence-electron chi connectivity index (χ0n) is 10.3. The minimum absolute atomic E-state index is 0.131. The lowest BCUT2D eigenvalue weighted by molar-refractivity contribution is 0.0376. The molecule has 0 bridgehead atoms. The maximum atomic E-state index is 11.0. The molecule has 1 unspecified atom stereocenters. The molecule has 0 aliphatic carbocycles. The van der Waals surface area contributed by atoms with Crippen LogP contribution >= 0.6 is 11.8 Å². The van der Waals surface area contributed by atoms with Crippen LogP contribution in [0.1, 0.15) is 31.1 Å². The average molecular weight is 254 g/mol. The topological polar surface area (TPSA) is 57.5 Å². The zero-order chi connectivity index (χ0) is 13.1. The maximum Gasteiger partial charge on any atom is 0.336 e. The van der Waals surface area contributed by atoms with Crippen LogP contribution in [0.25, 0.3) is 0 Å². The first-order chi connectivity index (χ1) is 7.84. The molecule has 0 saturated carbocycles. The summed E-state index contributed by atoms with van der Waals surface area (Å²) >= 11 is 1.38. The molecule has 0 fully saturated rings. The predicted molar refractivity (Wildman–Crippen MR) is 69.6 cm³/mol. The molecule has 4 heteroatoms. The van der Waals surface area contributed by atoms with Crippen molar-refractivity contribution >= 4 is 17.7 Å². The number of carbonyl (C=O) groups is 1. The summed E-state index contributed by atoms with van der Waals surface area (Å²) in [4.78, 5) is 11.7. The van der Waals surface area contributed by atoms with E-state index >= 15 is 0 Å². The van der Waals surface area contributed by atoms with Gasteiger partial charge in [-0.25, -0.2) is 4.79 Å². The normalized spacial score (nSPS) is 14.6. The number of thioether (sulfide) groups is 1. The molecular weight excluding hydrogens is 236 g/mol.